The molecule has 0 fully saturated rings. The molecule has 1 N–H and O–H groups in total. The van der Waals surface area contributed by atoms with Gasteiger partial charge >= 0.3 is 0 Å². The van der Waals surface area contributed by atoms with E-state index in [4.69, 9.17) is 4.74 Å². The Labute approximate surface area is 157 Å². The Bertz CT molecular complexity index is 860. The summed E-state index contributed by atoms with van der Waals surface area (Å²) in [5, 5.41) is 18.7. The lowest BCUT2D eigenvalue weighted by molar-refractivity contribution is -0.124. The number of nitrogens with one attached hydrogen (secondary N) is 1. The van der Waals surface area contributed by atoms with Crippen molar-refractivity contribution < 1.29 is 9.53 Å². The average molecular weight is 369 g/mol. The fourth-order valence-electron chi connectivity index (χ4n) is 2.84. The lowest BCUT2D eigenvalue weighted by atomic mass is 10.0. The van der Waals surface area contributed by atoms with Crippen LogP contribution in [0.5, 0.6) is 5.75 Å². The number of hydrogen-bond acceptors (Lipinski definition) is 6. The number of carbonyl (C=O) groups is 1. The zero-order valence-electron chi connectivity index (χ0n) is 15.4. The molecule has 142 valence electrons. The standard InChI is InChI=1S/C18H23N7O2/c1-14-21-22-23-25(14)17(13-15-6-3-7-16(12-15)27-2)18(26)19-8-4-10-24-11-5-9-20-24/h3,5-7,9,11-12,17H,4,8,10,13H2,1-2H3,(H,19,26)/t17-/m0/s1. The van der Waals surface area contributed by atoms with Gasteiger partial charge in [-0.1, -0.05) is 12.1 Å². The van der Waals surface area contributed by atoms with Gasteiger partial charge in [-0.15, -0.1) is 5.10 Å². The summed E-state index contributed by atoms with van der Waals surface area (Å²) in [4.78, 5) is 12.8. The highest BCUT2D eigenvalue weighted by atomic mass is 16.5. The molecule has 9 heteroatoms. The lowest BCUT2D eigenvalue weighted by Crippen LogP contribution is -2.35. The molecule has 0 aliphatic heterocycles. The first kappa shape index (κ1) is 18.6. The summed E-state index contributed by atoms with van der Waals surface area (Å²) in [6, 6.07) is 8.99. The van der Waals surface area contributed by atoms with Gasteiger partial charge in [0, 0.05) is 31.9 Å². The maximum absolute atomic E-state index is 12.8. The molecule has 1 amide bonds. The second-order valence-corrected chi connectivity index (χ2v) is 6.16. The van der Waals surface area contributed by atoms with Crippen molar-refractivity contribution in [3.8, 4) is 5.75 Å². The van der Waals surface area contributed by atoms with Crippen LogP contribution in [0.2, 0.25) is 0 Å². The molecule has 3 rings (SSSR count). The number of ether oxygens (including phenoxy) is 1. The van der Waals surface area contributed by atoms with Crippen LogP contribution in [0.3, 0.4) is 0 Å². The fourth-order valence-corrected chi connectivity index (χ4v) is 2.84. The van der Waals surface area contributed by atoms with Gasteiger partial charge in [-0.25, -0.2) is 4.68 Å². The van der Waals surface area contributed by atoms with Crippen molar-refractivity contribution in [1.29, 1.82) is 0 Å². The number of carbonyl (C=O) groups excluding carboxylic acids is 1. The molecule has 0 saturated heterocycles. The summed E-state index contributed by atoms with van der Waals surface area (Å²) in [6.07, 6.45) is 4.89. The third-order valence-corrected chi connectivity index (χ3v) is 4.24. The van der Waals surface area contributed by atoms with Gasteiger partial charge in [0.1, 0.15) is 17.6 Å². The minimum atomic E-state index is -0.531. The van der Waals surface area contributed by atoms with Crippen LogP contribution < -0.4 is 10.1 Å². The number of aromatic nitrogens is 6. The second-order valence-electron chi connectivity index (χ2n) is 6.16. The predicted octanol–water partition coefficient (Wildman–Crippen LogP) is 1.18. The van der Waals surface area contributed by atoms with Crippen LogP contribution in [0.25, 0.3) is 0 Å². The smallest absolute Gasteiger partial charge is 0.245 e. The van der Waals surface area contributed by atoms with Crippen LogP contribution in [-0.4, -0.2) is 49.5 Å². The summed E-state index contributed by atoms with van der Waals surface area (Å²) in [5.41, 5.74) is 0.973. The monoisotopic (exact) mass is 369 g/mol. The lowest BCUT2D eigenvalue weighted by Gasteiger charge is -2.18. The van der Waals surface area contributed by atoms with Crippen LogP contribution in [0.15, 0.2) is 42.7 Å². The van der Waals surface area contributed by atoms with E-state index in [1.807, 2.05) is 41.2 Å². The van der Waals surface area contributed by atoms with Crippen molar-refractivity contribution in [2.75, 3.05) is 13.7 Å². The first-order valence-electron chi connectivity index (χ1n) is 8.80. The van der Waals surface area contributed by atoms with E-state index in [9.17, 15) is 4.79 Å². The van der Waals surface area contributed by atoms with Crippen molar-refractivity contribution in [3.05, 3.63) is 54.1 Å². The molecule has 2 aromatic heterocycles. The molecular formula is C18H23N7O2. The van der Waals surface area contributed by atoms with Gasteiger partial charge in [0.15, 0.2) is 0 Å². The number of benzene rings is 1. The third kappa shape index (κ3) is 4.90. The highest BCUT2D eigenvalue weighted by molar-refractivity contribution is 5.80. The number of hydrogen-bond donors (Lipinski definition) is 1. The number of tetrazole rings is 1. The molecule has 1 aromatic carbocycles. The maximum Gasteiger partial charge on any atom is 0.245 e. The number of nitrogens with zero attached hydrogens (tertiary/aromatic N) is 6. The summed E-state index contributed by atoms with van der Waals surface area (Å²) in [6.45, 7) is 3.08. The van der Waals surface area contributed by atoms with E-state index < -0.39 is 6.04 Å². The van der Waals surface area contributed by atoms with E-state index >= 15 is 0 Å². The van der Waals surface area contributed by atoms with E-state index in [1.165, 1.54) is 0 Å². The van der Waals surface area contributed by atoms with Crippen LogP contribution in [0.4, 0.5) is 0 Å². The SMILES string of the molecule is COc1cccc(C[C@@H](C(=O)NCCCn2cccn2)n2nnnc2C)c1. The zero-order valence-corrected chi connectivity index (χ0v) is 15.4. The van der Waals surface area contributed by atoms with Crippen LogP contribution in [0, 0.1) is 6.92 Å². The van der Waals surface area contributed by atoms with E-state index in [1.54, 1.807) is 24.9 Å². The maximum atomic E-state index is 12.8. The van der Waals surface area contributed by atoms with Gasteiger partial charge in [-0.3, -0.25) is 9.48 Å². The molecule has 1 atom stereocenters. The molecule has 9 nitrogen and oxygen atoms in total. The fraction of sp³-hybridized carbons (Fsp3) is 0.389. The molecule has 0 aliphatic carbocycles. The van der Waals surface area contributed by atoms with Crippen molar-refractivity contribution >= 4 is 5.91 Å². The number of aryl methyl sites for hydroxylation is 2. The Morgan fingerprint density at radius 1 is 1.33 bits per heavy atom. The van der Waals surface area contributed by atoms with Crippen molar-refractivity contribution in [2.24, 2.45) is 0 Å². The predicted molar refractivity (Wildman–Crippen MR) is 98.1 cm³/mol. The van der Waals surface area contributed by atoms with Gasteiger partial charge in [0.05, 0.1) is 7.11 Å². The molecule has 0 spiro atoms. The summed E-state index contributed by atoms with van der Waals surface area (Å²) in [7, 11) is 1.62. The first-order valence-corrected chi connectivity index (χ1v) is 8.80. The molecule has 27 heavy (non-hydrogen) atoms. The molecule has 0 saturated carbocycles. The van der Waals surface area contributed by atoms with Crippen molar-refractivity contribution in [2.45, 2.75) is 32.4 Å². The van der Waals surface area contributed by atoms with E-state index in [2.05, 4.69) is 25.9 Å². The number of rotatable bonds is 9. The molecule has 3 aromatic rings. The van der Waals surface area contributed by atoms with Crippen LogP contribution in [0.1, 0.15) is 23.9 Å². The third-order valence-electron chi connectivity index (χ3n) is 4.24. The molecule has 0 aliphatic rings. The van der Waals surface area contributed by atoms with Gasteiger partial charge in [-0.2, -0.15) is 5.10 Å². The molecule has 0 unspecified atom stereocenters. The van der Waals surface area contributed by atoms with Crippen molar-refractivity contribution in [3.63, 3.8) is 0 Å². The second kappa shape index (κ2) is 8.93. The average Bonchev–Trinajstić information content (AvgIpc) is 3.35. The Morgan fingerprint density at radius 2 is 2.22 bits per heavy atom. The largest absolute Gasteiger partial charge is 0.497 e. The summed E-state index contributed by atoms with van der Waals surface area (Å²) >= 11 is 0. The first-order chi connectivity index (χ1) is 13.2. The van der Waals surface area contributed by atoms with Gasteiger partial charge in [0.25, 0.3) is 0 Å². The Balaban J connectivity index is 1.65. The van der Waals surface area contributed by atoms with Crippen molar-refractivity contribution in [1.82, 2.24) is 35.3 Å². The highest BCUT2D eigenvalue weighted by Gasteiger charge is 2.24. The quantitative estimate of drug-likeness (QED) is 0.569. The van der Waals surface area contributed by atoms with Gasteiger partial charge in [0.2, 0.25) is 5.91 Å². The normalized spacial score (nSPS) is 11.9. The Hall–Kier alpha value is -3.23. The van der Waals surface area contributed by atoms with E-state index in [0.29, 0.717) is 18.8 Å². The molecule has 0 radical (unpaired) electrons. The Morgan fingerprint density at radius 3 is 2.93 bits per heavy atom. The van der Waals surface area contributed by atoms with E-state index in [0.717, 1.165) is 24.3 Å². The molecule has 2 heterocycles. The minimum absolute atomic E-state index is 0.117. The van der Waals surface area contributed by atoms with Crippen LogP contribution in [-0.2, 0) is 17.8 Å². The van der Waals surface area contributed by atoms with Crippen LogP contribution >= 0.6 is 0 Å². The number of amides is 1. The summed E-state index contributed by atoms with van der Waals surface area (Å²) < 4.78 is 8.67. The summed E-state index contributed by atoms with van der Waals surface area (Å²) in [5.74, 6) is 1.22. The van der Waals surface area contributed by atoms with Gasteiger partial charge < -0.3 is 10.1 Å². The topological polar surface area (TPSA) is 99.8 Å². The highest BCUT2D eigenvalue weighted by Crippen LogP contribution is 2.19. The zero-order chi connectivity index (χ0) is 19.1. The van der Waals surface area contributed by atoms with Gasteiger partial charge in [-0.05, 0) is 47.5 Å². The number of methoxy groups -OCH3 is 1. The molecular weight excluding hydrogens is 346 g/mol. The Kier molecular flexibility index (Phi) is 6.14. The molecule has 0 bridgehead atoms. The van der Waals surface area contributed by atoms with E-state index in [-0.39, 0.29) is 5.91 Å². The minimum Gasteiger partial charge on any atom is -0.497 e.